The highest BCUT2D eigenvalue weighted by Gasteiger charge is 2.15. The van der Waals surface area contributed by atoms with E-state index >= 15 is 0 Å². The number of oxazole rings is 1. The number of rotatable bonds is 11. The Hall–Kier alpha value is -3.58. The Balaban J connectivity index is 0.00000163. The quantitative estimate of drug-likeness (QED) is 0.208. The van der Waals surface area contributed by atoms with E-state index in [2.05, 4.69) is 23.7 Å². The van der Waals surface area contributed by atoms with E-state index in [1.165, 1.54) is 5.56 Å². The molecule has 0 saturated heterocycles. The van der Waals surface area contributed by atoms with E-state index in [4.69, 9.17) is 24.7 Å². The molecule has 0 bridgehead atoms. The fourth-order valence-electron chi connectivity index (χ4n) is 3.78. The molecule has 1 aliphatic rings. The van der Waals surface area contributed by atoms with Crippen LogP contribution in [0.5, 0.6) is 5.75 Å². The number of allylic oxidation sites excluding steroid dienone is 5. The number of carbonyl (C=O) groups excluding carboxylic acids is 1. The number of aliphatic hydroxyl groups excluding tert-OH is 1. The smallest absolute Gasteiger partial charge is 0.226 e. The van der Waals surface area contributed by atoms with Gasteiger partial charge >= 0.3 is 0 Å². The number of aryl methyl sites for hydroxylation is 3. The Bertz CT molecular complexity index is 1110. The topological polar surface area (TPSA) is 109 Å². The summed E-state index contributed by atoms with van der Waals surface area (Å²) >= 11 is 0. The van der Waals surface area contributed by atoms with Gasteiger partial charge in [0.15, 0.2) is 0 Å². The van der Waals surface area contributed by atoms with Gasteiger partial charge in [-0.15, -0.1) is 0 Å². The molecule has 1 heterocycles. The maximum atomic E-state index is 10.6. The first-order valence-corrected chi connectivity index (χ1v) is 12.7. The lowest BCUT2D eigenvalue weighted by Crippen LogP contribution is -2.03. The SMILES string of the molecule is C=C(C=NC=N)C1=CC(c2nc(CCOc3ccc(CCC=O)c(C)c3)c(C)o2)=CCCC1.CC.CO. The van der Waals surface area contributed by atoms with E-state index in [-0.39, 0.29) is 0 Å². The maximum absolute atomic E-state index is 10.6. The van der Waals surface area contributed by atoms with E-state index < -0.39 is 0 Å². The number of aromatic nitrogens is 1. The molecule has 0 amide bonds. The van der Waals surface area contributed by atoms with Gasteiger partial charge in [-0.3, -0.25) is 5.41 Å². The van der Waals surface area contributed by atoms with Crippen molar-refractivity contribution in [2.45, 2.75) is 66.2 Å². The molecule has 0 aliphatic heterocycles. The van der Waals surface area contributed by atoms with E-state index in [1.54, 1.807) is 6.21 Å². The lowest BCUT2D eigenvalue weighted by Gasteiger charge is -2.09. The predicted octanol–water partition coefficient (Wildman–Crippen LogP) is 6.41. The van der Waals surface area contributed by atoms with Crippen molar-refractivity contribution >= 4 is 24.4 Å². The molecule has 2 N–H and O–H groups in total. The number of nitrogens with zero attached hydrogens (tertiary/aromatic N) is 2. The molecule has 1 aromatic carbocycles. The number of aliphatic hydroxyl groups is 1. The molecule has 7 heteroatoms. The molecular weight excluding hydrogens is 466 g/mol. The van der Waals surface area contributed by atoms with Crippen molar-refractivity contribution in [3.05, 3.63) is 76.5 Å². The molecule has 0 atom stereocenters. The van der Waals surface area contributed by atoms with E-state index in [9.17, 15) is 4.79 Å². The minimum absolute atomic E-state index is 0.497. The van der Waals surface area contributed by atoms with E-state index in [1.807, 2.05) is 45.9 Å². The average molecular weight is 508 g/mol. The fourth-order valence-corrected chi connectivity index (χ4v) is 3.78. The van der Waals surface area contributed by atoms with Gasteiger partial charge in [-0.1, -0.05) is 32.6 Å². The molecule has 3 rings (SSSR count). The van der Waals surface area contributed by atoms with Gasteiger partial charge in [0.2, 0.25) is 5.89 Å². The first kappa shape index (κ1) is 31.4. The number of hydrogen-bond acceptors (Lipinski definition) is 6. The first-order valence-electron chi connectivity index (χ1n) is 12.7. The van der Waals surface area contributed by atoms with Gasteiger partial charge < -0.3 is 19.1 Å². The van der Waals surface area contributed by atoms with Crippen molar-refractivity contribution in [1.82, 2.24) is 4.98 Å². The van der Waals surface area contributed by atoms with Crippen LogP contribution in [0, 0.1) is 19.3 Å². The molecule has 0 spiro atoms. The fraction of sp³-hybridized carbons (Fsp3) is 0.400. The van der Waals surface area contributed by atoms with Gasteiger partial charge in [-0.05, 0) is 80.0 Å². The van der Waals surface area contributed by atoms with Gasteiger partial charge in [-0.2, -0.15) is 0 Å². The third-order valence-corrected chi connectivity index (χ3v) is 5.65. The molecule has 0 saturated carbocycles. The van der Waals surface area contributed by atoms with Crippen LogP contribution in [0.2, 0.25) is 0 Å². The largest absolute Gasteiger partial charge is 0.493 e. The van der Waals surface area contributed by atoms with Crippen molar-refractivity contribution in [2.24, 2.45) is 4.99 Å². The van der Waals surface area contributed by atoms with Crippen LogP contribution in [-0.2, 0) is 17.6 Å². The zero-order valence-corrected chi connectivity index (χ0v) is 22.8. The van der Waals surface area contributed by atoms with Crippen LogP contribution in [-0.4, -0.2) is 42.6 Å². The monoisotopic (exact) mass is 507 g/mol. The summed E-state index contributed by atoms with van der Waals surface area (Å²) in [4.78, 5) is 19.2. The summed E-state index contributed by atoms with van der Waals surface area (Å²) in [5, 5.41) is 14.1. The summed E-state index contributed by atoms with van der Waals surface area (Å²) in [6.07, 6.45) is 12.6. The third kappa shape index (κ3) is 10.1. The van der Waals surface area contributed by atoms with Crippen LogP contribution in [0.3, 0.4) is 0 Å². The summed E-state index contributed by atoms with van der Waals surface area (Å²) in [7, 11) is 1.00. The number of carbonyl (C=O) groups is 1. The van der Waals surface area contributed by atoms with Gasteiger partial charge in [0.05, 0.1) is 12.3 Å². The highest BCUT2D eigenvalue weighted by atomic mass is 16.5. The molecular formula is C30H41N3O4. The predicted molar refractivity (Wildman–Crippen MR) is 152 cm³/mol. The number of benzene rings is 1. The van der Waals surface area contributed by atoms with Crippen molar-refractivity contribution < 1.29 is 19.1 Å². The van der Waals surface area contributed by atoms with Crippen molar-refractivity contribution in [1.29, 1.82) is 5.41 Å². The number of ether oxygens (including phenoxy) is 1. The summed E-state index contributed by atoms with van der Waals surface area (Å²) in [5.74, 6) is 2.21. The molecule has 7 nitrogen and oxygen atoms in total. The zero-order chi connectivity index (χ0) is 27.6. The highest BCUT2D eigenvalue weighted by molar-refractivity contribution is 5.89. The zero-order valence-electron chi connectivity index (χ0n) is 22.8. The second-order valence-electron chi connectivity index (χ2n) is 8.07. The standard InChI is InChI=1S/C27H31N3O3.C2H6.CH4O/c1-19-15-25(11-10-22(19)9-6-13-31)32-14-12-26-21(3)33-27(30-26)24-8-5-4-7-23(16-24)20(2)17-29-18-28;2*1-2/h8,10-11,13,15-18,28H,2,4-7,9,12,14H2,1,3H3;1-2H3;2H,1H3. The van der Waals surface area contributed by atoms with E-state index in [0.717, 1.165) is 84.9 Å². The molecule has 2 aromatic rings. The van der Waals surface area contributed by atoms with Crippen molar-refractivity contribution in [3.8, 4) is 5.75 Å². The Morgan fingerprint density at radius 2 is 2.03 bits per heavy atom. The Kier molecular flexibility index (Phi) is 15.1. The summed E-state index contributed by atoms with van der Waals surface area (Å²) in [5.41, 5.74) is 6.01. The van der Waals surface area contributed by atoms with Crippen molar-refractivity contribution in [3.63, 3.8) is 0 Å². The minimum atomic E-state index is 0.497. The summed E-state index contributed by atoms with van der Waals surface area (Å²) in [6, 6.07) is 5.99. The van der Waals surface area contributed by atoms with Crippen LogP contribution in [0.1, 0.15) is 68.0 Å². The normalized spacial score (nSPS) is 12.7. The highest BCUT2D eigenvalue weighted by Crippen LogP contribution is 2.28. The van der Waals surface area contributed by atoms with Gasteiger partial charge in [0.1, 0.15) is 24.1 Å². The third-order valence-electron chi connectivity index (χ3n) is 5.65. The second-order valence-corrected chi connectivity index (χ2v) is 8.07. The average Bonchev–Trinajstić information content (AvgIpc) is 3.12. The summed E-state index contributed by atoms with van der Waals surface area (Å²) in [6.45, 7) is 12.5. The van der Waals surface area contributed by atoms with Gasteiger partial charge in [0, 0.05) is 31.7 Å². The van der Waals surface area contributed by atoms with Crippen LogP contribution in [0.25, 0.3) is 5.57 Å². The molecule has 37 heavy (non-hydrogen) atoms. The number of aldehydes is 1. The number of aliphatic imine (C=N–C) groups is 1. The Morgan fingerprint density at radius 3 is 2.70 bits per heavy atom. The number of nitrogens with one attached hydrogen (secondary N) is 1. The molecule has 0 fully saturated rings. The van der Waals surface area contributed by atoms with Crippen LogP contribution < -0.4 is 4.74 Å². The maximum Gasteiger partial charge on any atom is 0.226 e. The Labute approximate surface area is 221 Å². The Morgan fingerprint density at radius 1 is 1.27 bits per heavy atom. The molecule has 200 valence electrons. The van der Waals surface area contributed by atoms with Crippen LogP contribution in [0.15, 0.2) is 57.5 Å². The molecule has 0 radical (unpaired) electrons. The molecule has 1 aliphatic carbocycles. The lowest BCUT2D eigenvalue weighted by atomic mass is 10.0. The molecule has 0 unspecified atom stereocenters. The van der Waals surface area contributed by atoms with Gasteiger partial charge in [-0.25, -0.2) is 9.98 Å². The van der Waals surface area contributed by atoms with Gasteiger partial charge in [0.25, 0.3) is 0 Å². The molecule has 1 aromatic heterocycles. The minimum Gasteiger partial charge on any atom is -0.493 e. The van der Waals surface area contributed by atoms with Crippen molar-refractivity contribution in [2.75, 3.05) is 13.7 Å². The van der Waals surface area contributed by atoms with Crippen LogP contribution >= 0.6 is 0 Å². The second kappa shape index (κ2) is 17.8. The number of hydrogen-bond donors (Lipinski definition) is 2. The van der Waals surface area contributed by atoms with Crippen LogP contribution in [0.4, 0.5) is 0 Å². The lowest BCUT2D eigenvalue weighted by molar-refractivity contribution is -0.107. The first-order chi connectivity index (χ1) is 18.0. The summed E-state index contributed by atoms with van der Waals surface area (Å²) < 4.78 is 11.9. The van der Waals surface area contributed by atoms with E-state index in [0.29, 0.717) is 25.3 Å².